The summed E-state index contributed by atoms with van der Waals surface area (Å²) in [5, 5.41) is 2.46. The molecule has 0 spiro atoms. The number of amides is 2. The molecule has 6 nitrogen and oxygen atoms in total. The van der Waals surface area contributed by atoms with Crippen LogP contribution < -0.4 is 10.6 Å². The van der Waals surface area contributed by atoms with Crippen molar-refractivity contribution in [3.63, 3.8) is 0 Å². The van der Waals surface area contributed by atoms with Crippen LogP contribution in [0.15, 0.2) is 40.7 Å². The molecule has 0 radical (unpaired) electrons. The van der Waals surface area contributed by atoms with Gasteiger partial charge in [-0.15, -0.1) is 11.3 Å². The quantitative estimate of drug-likeness (QED) is 0.833. The van der Waals surface area contributed by atoms with E-state index in [0.717, 1.165) is 29.1 Å². The standard InChI is InChI=1S/C20H21ClN4O2S/c1-20(17-14(21)9-11-28-17)16(18(27)24(2)19(22)23-20)12-5-7-13(8-6-12)25-10-3-4-15(25)26/h5-9,11,16H,3-4,10H2,1-2H3,(H2,22,23)/t16?,20-/m0/s1. The van der Waals surface area contributed by atoms with Gasteiger partial charge in [0.05, 0.1) is 15.8 Å². The van der Waals surface area contributed by atoms with E-state index in [1.807, 2.05) is 36.6 Å². The zero-order chi connectivity index (χ0) is 20.1. The highest BCUT2D eigenvalue weighted by atomic mass is 35.5. The summed E-state index contributed by atoms with van der Waals surface area (Å²) in [5.74, 6) is -0.393. The lowest BCUT2D eigenvalue weighted by Gasteiger charge is -2.40. The van der Waals surface area contributed by atoms with Crippen LogP contribution in [0.2, 0.25) is 5.02 Å². The molecule has 0 bridgehead atoms. The van der Waals surface area contributed by atoms with Gasteiger partial charge in [-0.25, -0.2) is 4.99 Å². The first-order valence-corrected chi connectivity index (χ1v) is 10.4. The Balaban J connectivity index is 1.78. The molecule has 0 saturated carbocycles. The van der Waals surface area contributed by atoms with E-state index < -0.39 is 11.5 Å². The number of guanidine groups is 1. The van der Waals surface area contributed by atoms with E-state index >= 15 is 0 Å². The Morgan fingerprint density at radius 2 is 1.96 bits per heavy atom. The average molecular weight is 417 g/mol. The summed E-state index contributed by atoms with van der Waals surface area (Å²) in [5.41, 5.74) is 6.80. The van der Waals surface area contributed by atoms with Crippen LogP contribution in [-0.4, -0.2) is 36.3 Å². The number of hydrogen-bond donors (Lipinski definition) is 1. The highest BCUT2D eigenvalue weighted by Crippen LogP contribution is 2.48. The van der Waals surface area contributed by atoms with Gasteiger partial charge in [0.2, 0.25) is 11.8 Å². The molecule has 0 aliphatic carbocycles. The van der Waals surface area contributed by atoms with Gasteiger partial charge in [0.1, 0.15) is 5.54 Å². The van der Waals surface area contributed by atoms with Crippen LogP contribution in [0, 0.1) is 0 Å². The largest absolute Gasteiger partial charge is 0.369 e. The minimum Gasteiger partial charge on any atom is -0.369 e. The summed E-state index contributed by atoms with van der Waals surface area (Å²) in [4.78, 5) is 33.9. The smallest absolute Gasteiger partial charge is 0.239 e. The van der Waals surface area contributed by atoms with Crippen LogP contribution in [0.1, 0.15) is 36.1 Å². The van der Waals surface area contributed by atoms with Gasteiger partial charge in [-0.05, 0) is 42.5 Å². The molecule has 28 heavy (non-hydrogen) atoms. The van der Waals surface area contributed by atoms with E-state index in [-0.39, 0.29) is 17.8 Å². The Morgan fingerprint density at radius 3 is 2.54 bits per heavy atom. The molecular weight excluding hydrogens is 396 g/mol. The van der Waals surface area contributed by atoms with Crippen LogP contribution in [0.5, 0.6) is 0 Å². The third-order valence-corrected chi connectivity index (χ3v) is 7.09. The number of nitrogens with zero attached hydrogens (tertiary/aromatic N) is 3. The summed E-state index contributed by atoms with van der Waals surface area (Å²) in [6.45, 7) is 2.62. The van der Waals surface area contributed by atoms with Crippen molar-refractivity contribution in [2.45, 2.75) is 31.2 Å². The topological polar surface area (TPSA) is 79.0 Å². The maximum atomic E-state index is 13.2. The lowest BCUT2D eigenvalue weighted by atomic mass is 9.77. The predicted molar refractivity (Wildman–Crippen MR) is 112 cm³/mol. The van der Waals surface area contributed by atoms with E-state index in [0.29, 0.717) is 11.4 Å². The van der Waals surface area contributed by atoms with E-state index in [1.54, 1.807) is 18.0 Å². The summed E-state index contributed by atoms with van der Waals surface area (Å²) in [6, 6.07) is 9.39. The van der Waals surface area contributed by atoms with E-state index in [1.165, 1.54) is 16.2 Å². The number of nitrogens with two attached hydrogens (primary N) is 1. The van der Waals surface area contributed by atoms with Crippen molar-refractivity contribution in [3.8, 4) is 0 Å². The number of hydrogen-bond acceptors (Lipinski definition) is 5. The van der Waals surface area contributed by atoms with Crippen molar-refractivity contribution in [1.82, 2.24) is 4.90 Å². The molecule has 1 saturated heterocycles. The maximum Gasteiger partial charge on any atom is 0.239 e. The van der Waals surface area contributed by atoms with Crippen molar-refractivity contribution < 1.29 is 9.59 Å². The fourth-order valence-electron chi connectivity index (χ4n) is 4.00. The number of benzene rings is 1. The first kappa shape index (κ1) is 19.0. The zero-order valence-electron chi connectivity index (χ0n) is 15.7. The number of likely N-dealkylation sites (N-methyl/N-ethyl adjacent to an activating group) is 1. The van der Waals surface area contributed by atoms with Gasteiger partial charge >= 0.3 is 0 Å². The van der Waals surface area contributed by atoms with Crippen LogP contribution in [-0.2, 0) is 15.1 Å². The number of thiophene rings is 1. The van der Waals surface area contributed by atoms with Crippen LogP contribution in [0.3, 0.4) is 0 Å². The van der Waals surface area contributed by atoms with Gasteiger partial charge in [-0.2, -0.15) is 0 Å². The monoisotopic (exact) mass is 416 g/mol. The second-order valence-corrected chi connectivity index (χ2v) is 8.61. The number of anilines is 1. The number of carbonyl (C=O) groups excluding carboxylic acids is 2. The molecule has 8 heteroatoms. The average Bonchev–Trinajstić information content (AvgIpc) is 3.29. The Kier molecular flexibility index (Phi) is 4.67. The molecule has 1 aromatic carbocycles. The molecule has 2 N–H and O–H groups in total. The normalized spacial score (nSPS) is 25.4. The summed E-state index contributed by atoms with van der Waals surface area (Å²) < 4.78 is 0. The van der Waals surface area contributed by atoms with Crippen molar-refractivity contribution in [3.05, 3.63) is 51.2 Å². The second kappa shape index (κ2) is 6.90. The fourth-order valence-corrected chi connectivity index (χ4v) is 5.38. The molecule has 146 valence electrons. The number of carbonyl (C=O) groups is 2. The molecule has 2 atom stereocenters. The van der Waals surface area contributed by atoms with Crippen LogP contribution in [0.25, 0.3) is 0 Å². The van der Waals surface area contributed by atoms with Gasteiger partial charge in [-0.1, -0.05) is 23.7 Å². The summed E-state index contributed by atoms with van der Waals surface area (Å²) in [6.07, 6.45) is 1.45. The molecule has 2 aromatic rings. The van der Waals surface area contributed by atoms with Crippen molar-refractivity contribution >= 4 is 46.4 Å². The third kappa shape index (κ3) is 2.89. The molecule has 2 aliphatic rings. The molecule has 1 unspecified atom stereocenters. The Hall–Kier alpha value is -2.38. The SMILES string of the molecule is CN1C(=O)C(c2ccc(N3CCCC3=O)cc2)[C@@](C)(c2sccc2Cl)N=C1N. The summed E-state index contributed by atoms with van der Waals surface area (Å²) in [7, 11) is 1.63. The van der Waals surface area contributed by atoms with Crippen molar-refractivity contribution in [1.29, 1.82) is 0 Å². The van der Waals surface area contributed by atoms with Gasteiger partial charge in [0.25, 0.3) is 0 Å². The van der Waals surface area contributed by atoms with Gasteiger partial charge in [-0.3, -0.25) is 14.5 Å². The minimum atomic E-state index is -0.899. The number of halogens is 1. The highest BCUT2D eigenvalue weighted by Gasteiger charge is 2.48. The Morgan fingerprint density at radius 1 is 1.25 bits per heavy atom. The minimum absolute atomic E-state index is 0.133. The molecule has 3 heterocycles. The lowest BCUT2D eigenvalue weighted by molar-refractivity contribution is -0.130. The fraction of sp³-hybridized carbons (Fsp3) is 0.350. The van der Waals surface area contributed by atoms with Gasteiger partial charge in [0.15, 0.2) is 5.96 Å². The van der Waals surface area contributed by atoms with Gasteiger partial charge < -0.3 is 10.6 Å². The predicted octanol–water partition coefficient (Wildman–Crippen LogP) is 3.31. The van der Waals surface area contributed by atoms with Crippen LogP contribution in [0.4, 0.5) is 5.69 Å². The highest BCUT2D eigenvalue weighted by molar-refractivity contribution is 7.10. The maximum absolute atomic E-state index is 13.2. The second-order valence-electron chi connectivity index (χ2n) is 7.29. The molecule has 1 aromatic heterocycles. The van der Waals surface area contributed by atoms with Gasteiger partial charge in [0, 0.05) is 25.7 Å². The number of aliphatic imine (C=N–C) groups is 1. The molecule has 2 aliphatic heterocycles. The van der Waals surface area contributed by atoms with Crippen molar-refractivity contribution in [2.75, 3.05) is 18.5 Å². The Labute approximate surface area is 172 Å². The van der Waals surface area contributed by atoms with E-state index in [2.05, 4.69) is 4.99 Å². The van der Waals surface area contributed by atoms with Crippen molar-refractivity contribution in [2.24, 2.45) is 10.7 Å². The molecule has 2 amide bonds. The van der Waals surface area contributed by atoms with Crippen LogP contribution >= 0.6 is 22.9 Å². The third-order valence-electron chi connectivity index (χ3n) is 5.52. The Bertz CT molecular complexity index is 971. The number of rotatable bonds is 3. The first-order chi connectivity index (χ1) is 13.3. The molecule has 1 fully saturated rings. The van der Waals surface area contributed by atoms with E-state index in [4.69, 9.17) is 17.3 Å². The van der Waals surface area contributed by atoms with E-state index in [9.17, 15) is 9.59 Å². The molecule has 4 rings (SSSR count). The summed E-state index contributed by atoms with van der Waals surface area (Å²) >= 11 is 7.87. The first-order valence-electron chi connectivity index (χ1n) is 9.09. The zero-order valence-corrected chi connectivity index (χ0v) is 17.3. The lowest BCUT2D eigenvalue weighted by Crippen LogP contribution is -2.52. The molecular formula is C20H21ClN4O2S.